The second kappa shape index (κ2) is 5.63. The summed E-state index contributed by atoms with van der Waals surface area (Å²) in [7, 11) is 1.65. The molecule has 2 aliphatic carbocycles. The third-order valence-electron chi connectivity index (χ3n) is 5.72. The minimum atomic E-state index is -0.416. The molecule has 5 rings (SSSR count). The number of fused-ring (bicyclic) bond motifs is 1. The molecule has 1 aromatic heterocycles. The molecule has 2 aromatic carbocycles. The first-order valence-corrected chi connectivity index (χ1v) is 9.27. The number of hydrogen-bond acceptors (Lipinski definition) is 2. The highest BCUT2D eigenvalue weighted by Crippen LogP contribution is 2.49. The molecule has 2 aliphatic rings. The second-order valence-corrected chi connectivity index (χ2v) is 7.57. The summed E-state index contributed by atoms with van der Waals surface area (Å²) < 4.78 is 5.32. The van der Waals surface area contributed by atoms with E-state index in [1.54, 1.807) is 7.11 Å². The summed E-state index contributed by atoms with van der Waals surface area (Å²) in [4.78, 5) is 16.5. The van der Waals surface area contributed by atoms with Crippen molar-refractivity contribution in [1.82, 2.24) is 4.98 Å². The van der Waals surface area contributed by atoms with Crippen LogP contribution in [0.5, 0.6) is 5.75 Å². The van der Waals surface area contributed by atoms with Gasteiger partial charge in [-0.3, -0.25) is 4.79 Å². The first kappa shape index (κ1) is 15.5. The van der Waals surface area contributed by atoms with Crippen LogP contribution in [-0.2, 0) is 10.2 Å². The molecule has 1 heterocycles. The summed E-state index contributed by atoms with van der Waals surface area (Å²) in [6.07, 6.45) is 4.31. The molecule has 0 saturated heterocycles. The summed E-state index contributed by atoms with van der Waals surface area (Å²) in [5.74, 6) is 1.56. The van der Waals surface area contributed by atoms with E-state index in [1.165, 1.54) is 18.5 Å². The van der Waals surface area contributed by atoms with Gasteiger partial charge in [-0.05, 0) is 73.6 Å². The van der Waals surface area contributed by atoms with Crippen molar-refractivity contribution >= 4 is 22.5 Å². The molecule has 0 bridgehead atoms. The second-order valence-electron chi connectivity index (χ2n) is 7.57. The smallest absolute Gasteiger partial charge is 0.235 e. The molecular weight excluding hydrogens is 324 g/mol. The van der Waals surface area contributed by atoms with E-state index < -0.39 is 5.41 Å². The Morgan fingerprint density at radius 2 is 2.04 bits per heavy atom. The molecule has 0 spiro atoms. The lowest BCUT2D eigenvalue weighted by Crippen LogP contribution is -2.27. The minimum absolute atomic E-state index is 0. The van der Waals surface area contributed by atoms with Gasteiger partial charge in [0.25, 0.3) is 0 Å². The fourth-order valence-corrected chi connectivity index (χ4v) is 3.79. The summed E-state index contributed by atoms with van der Waals surface area (Å²) in [6.45, 7) is 0. The number of hydrogen-bond donors (Lipinski definition) is 2. The van der Waals surface area contributed by atoms with Crippen molar-refractivity contribution in [3.05, 3.63) is 59.8 Å². The molecule has 2 saturated carbocycles. The van der Waals surface area contributed by atoms with E-state index in [-0.39, 0.29) is 7.33 Å². The maximum atomic E-state index is 13.0. The summed E-state index contributed by atoms with van der Waals surface area (Å²) >= 11 is 0. The Morgan fingerprint density at radius 3 is 2.77 bits per heavy atom. The van der Waals surface area contributed by atoms with Gasteiger partial charge < -0.3 is 15.0 Å². The Bertz CT molecular complexity index is 1000. The van der Waals surface area contributed by atoms with E-state index in [0.717, 1.165) is 40.7 Å². The highest BCUT2D eigenvalue weighted by atomic mass is 16.5. The van der Waals surface area contributed by atoms with Crippen LogP contribution < -0.4 is 10.1 Å². The lowest BCUT2D eigenvalue weighted by atomic mass is 9.94. The highest BCUT2D eigenvalue weighted by molar-refractivity contribution is 6.02. The summed E-state index contributed by atoms with van der Waals surface area (Å²) in [5, 5.41) is 4.30. The topological polar surface area (TPSA) is 54.1 Å². The molecule has 0 aliphatic heterocycles. The van der Waals surface area contributed by atoms with Crippen molar-refractivity contribution in [2.75, 3.05) is 12.4 Å². The molecule has 1 amide bonds. The molecule has 4 nitrogen and oxygen atoms in total. The quantitative estimate of drug-likeness (QED) is 0.684. The fourth-order valence-electron chi connectivity index (χ4n) is 3.79. The van der Waals surface area contributed by atoms with E-state index in [9.17, 15) is 4.79 Å². The molecule has 0 unspecified atom stereocenters. The summed E-state index contributed by atoms with van der Waals surface area (Å²) in [6, 6.07) is 16.2. The Labute approximate surface area is 154 Å². The van der Waals surface area contributed by atoms with Gasteiger partial charge in [0.1, 0.15) is 5.75 Å². The van der Waals surface area contributed by atoms with E-state index >= 15 is 0 Å². The van der Waals surface area contributed by atoms with Crippen LogP contribution in [0.25, 0.3) is 10.9 Å². The number of rotatable bonds is 5. The Hall–Kier alpha value is -2.75. The van der Waals surface area contributed by atoms with E-state index in [1.807, 2.05) is 30.3 Å². The number of anilines is 1. The first-order valence-electron chi connectivity index (χ1n) is 9.27. The number of ether oxygens (including phenoxy) is 1. The third-order valence-corrected chi connectivity index (χ3v) is 5.72. The maximum Gasteiger partial charge on any atom is 0.235 e. The molecule has 2 fully saturated rings. The fraction of sp³-hybridized carbons (Fsp3) is 0.318. The normalized spacial score (nSPS) is 17.9. The van der Waals surface area contributed by atoms with E-state index in [2.05, 4.69) is 28.5 Å². The van der Waals surface area contributed by atoms with Crippen LogP contribution >= 0.6 is 0 Å². The Balaban J connectivity index is 0.00000180. The Morgan fingerprint density at radius 1 is 1.19 bits per heavy atom. The molecule has 26 heavy (non-hydrogen) atoms. The SMILES string of the molecule is COc1cccc(C2(C(=O)Nc3ccc4[nH]c(C5CC5)cc4c3)CC2)c1.[HH]. The van der Waals surface area contributed by atoms with Crippen molar-refractivity contribution in [3.63, 3.8) is 0 Å². The van der Waals surface area contributed by atoms with E-state index in [4.69, 9.17) is 4.74 Å². The molecule has 134 valence electrons. The van der Waals surface area contributed by atoms with Crippen LogP contribution in [0, 0.1) is 0 Å². The lowest BCUT2D eigenvalue weighted by Gasteiger charge is -2.16. The van der Waals surface area contributed by atoms with Gasteiger partial charge >= 0.3 is 0 Å². The summed E-state index contributed by atoms with van der Waals surface area (Å²) in [5.41, 5.74) is 3.93. The zero-order valence-corrected chi connectivity index (χ0v) is 14.8. The largest absolute Gasteiger partial charge is 0.497 e. The van der Waals surface area contributed by atoms with Crippen LogP contribution in [0.15, 0.2) is 48.5 Å². The van der Waals surface area contributed by atoms with Gasteiger partial charge in [0, 0.05) is 23.7 Å². The predicted octanol–water partition coefficient (Wildman–Crippen LogP) is 4.97. The third kappa shape index (κ3) is 2.57. The average molecular weight is 348 g/mol. The molecule has 3 aromatic rings. The van der Waals surface area contributed by atoms with Crippen LogP contribution in [-0.4, -0.2) is 18.0 Å². The van der Waals surface area contributed by atoms with Crippen molar-refractivity contribution in [2.45, 2.75) is 37.0 Å². The zero-order valence-electron chi connectivity index (χ0n) is 14.8. The van der Waals surface area contributed by atoms with Crippen LogP contribution in [0.2, 0.25) is 0 Å². The Kier molecular flexibility index (Phi) is 3.36. The molecule has 0 atom stereocenters. The van der Waals surface area contributed by atoms with Crippen molar-refractivity contribution in [1.29, 1.82) is 0 Å². The van der Waals surface area contributed by atoms with Gasteiger partial charge in [-0.2, -0.15) is 0 Å². The molecule has 2 N–H and O–H groups in total. The van der Waals surface area contributed by atoms with Crippen molar-refractivity contribution in [2.24, 2.45) is 0 Å². The number of nitrogens with one attached hydrogen (secondary N) is 2. The maximum absolute atomic E-state index is 13.0. The number of H-pyrrole nitrogens is 1. The van der Waals surface area contributed by atoms with Crippen LogP contribution in [0.3, 0.4) is 0 Å². The molecule has 4 heteroatoms. The van der Waals surface area contributed by atoms with Gasteiger partial charge in [-0.15, -0.1) is 0 Å². The molecular formula is C22H24N2O2. The number of carbonyl (C=O) groups excluding carboxylic acids is 1. The van der Waals surface area contributed by atoms with Crippen molar-refractivity contribution in [3.8, 4) is 5.75 Å². The van der Waals surface area contributed by atoms with Crippen LogP contribution in [0.4, 0.5) is 5.69 Å². The number of amides is 1. The number of aromatic amines is 1. The monoisotopic (exact) mass is 348 g/mol. The van der Waals surface area contributed by atoms with Gasteiger partial charge in [0.15, 0.2) is 0 Å². The van der Waals surface area contributed by atoms with Gasteiger partial charge in [0.2, 0.25) is 5.91 Å². The average Bonchev–Trinajstić information content (AvgIpc) is 3.58. The van der Waals surface area contributed by atoms with Gasteiger partial charge in [0.05, 0.1) is 12.5 Å². The molecule has 0 radical (unpaired) electrons. The number of carbonyl (C=O) groups is 1. The van der Waals surface area contributed by atoms with Crippen LogP contribution in [0.1, 0.15) is 44.3 Å². The van der Waals surface area contributed by atoms with Gasteiger partial charge in [-0.1, -0.05) is 12.1 Å². The predicted molar refractivity (Wildman–Crippen MR) is 105 cm³/mol. The lowest BCUT2D eigenvalue weighted by molar-refractivity contribution is -0.118. The highest BCUT2D eigenvalue weighted by Gasteiger charge is 2.51. The number of benzene rings is 2. The number of methoxy groups -OCH3 is 1. The standard InChI is InChI=1S/C22H22N2O2.H2/c1-26-18-4-2-3-16(13-18)22(9-10-22)21(25)23-17-7-8-19-15(11-17)12-20(24-19)14-5-6-14;/h2-4,7-8,11-14,24H,5-6,9-10H2,1H3,(H,23,25);1H. The number of aromatic nitrogens is 1. The van der Waals surface area contributed by atoms with Crippen molar-refractivity contribution < 1.29 is 11.0 Å². The zero-order chi connectivity index (χ0) is 17.7. The minimum Gasteiger partial charge on any atom is -0.497 e. The van der Waals surface area contributed by atoms with E-state index in [0.29, 0.717) is 5.92 Å². The van der Waals surface area contributed by atoms with Gasteiger partial charge in [-0.25, -0.2) is 0 Å². The first-order chi connectivity index (χ1) is 12.7.